The van der Waals surface area contributed by atoms with E-state index in [1.165, 1.54) is 12.8 Å². The minimum Gasteiger partial charge on any atom is -0.490 e. The largest absolute Gasteiger partial charge is 0.490 e. The van der Waals surface area contributed by atoms with Crippen molar-refractivity contribution < 1.29 is 14.3 Å². The Morgan fingerprint density at radius 1 is 1.48 bits per heavy atom. The van der Waals surface area contributed by atoms with Crippen molar-refractivity contribution in [1.82, 2.24) is 5.43 Å². The standard InChI is InChI=1S/C21H25ClN2O3/c1-4-10-27-19-16(22)11-14(12-17(19)26-5-2)13-23-24-20(25)18-15-8-6-7-9-21(15,18)3/h1,11-13,15,18H,5-10H2,2-3H3,(H,24,25)/b23-13-/t15-,18+,21+/m1/s1. The second kappa shape index (κ2) is 8.22. The van der Waals surface area contributed by atoms with Gasteiger partial charge in [0.05, 0.1) is 17.8 Å². The van der Waals surface area contributed by atoms with Gasteiger partial charge >= 0.3 is 0 Å². The molecule has 1 aromatic rings. The lowest BCUT2D eigenvalue weighted by atomic mass is 9.90. The molecule has 5 nitrogen and oxygen atoms in total. The summed E-state index contributed by atoms with van der Waals surface area (Å²) >= 11 is 6.29. The summed E-state index contributed by atoms with van der Waals surface area (Å²) in [7, 11) is 0. The van der Waals surface area contributed by atoms with Gasteiger partial charge in [0.25, 0.3) is 0 Å². The van der Waals surface area contributed by atoms with Gasteiger partial charge in [-0.2, -0.15) is 5.10 Å². The normalized spacial score (nSPS) is 26.1. The van der Waals surface area contributed by atoms with E-state index in [0.717, 1.165) is 12.8 Å². The quantitative estimate of drug-likeness (QED) is 0.436. The second-order valence-electron chi connectivity index (χ2n) is 7.33. The molecule has 2 aliphatic rings. The molecule has 0 spiro atoms. The van der Waals surface area contributed by atoms with Crippen LogP contribution in [0.1, 0.15) is 45.1 Å². The SMILES string of the molecule is C#CCOc1c(Cl)cc(/C=N\NC(=O)[C@@H]2[C@H]3CCCC[C@@]32C)cc1OCC. The number of carbonyl (C=O) groups excluding carboxylic acids is 1. The Morgan fingerprint density at radius 3 is 2.96 bits per heavy atom. The van der Waals surface area contributed by atoms with Gasteiger partial charge in [0.15, 0.2) is 11.5 Å². The van der Waals surface area contributed by atoms with Gasteiger partial charge in [-0.05, 0) is 48.8 Å². The molecule has 2 fully saturated rings. The lowest BCUT2D eigenvalue weighted by Crippen LogP contribution is -2.22. The molecule has 3 rings (SSSR count). The summed E-state index contributed by atoms with van der Waals surface area (Å²) < 4.78 is 11.0. The fourth-order valence-corrected chi connectivity index (χ4v) is 4.54. The number of hydrogen-bond acceptors (Lipinski definition) is 4. The van der Waals surface area contributed by atoms with E-state index in [-0.39, 0.29) is 23.8 Å². The molecule has 0 bridgehead atoms. The number of benzene rings is 1. The van der Waals surface area contributed by atoms with Crippen LogP contribution >= 0.6 is 11.6 Å². The van der Waals surface area contributed by atoms with E-state index in [1.54, 1.807) is 18.3 Å². The Hall–Kier alpha value is -2.19. The van der Waals surface area contributed by atoms with E-state index in [9.17, 15) is 4.79 Å². The number of ether oxygens (including phenoxy) is 2. The molecule has 0 heterocycles. The van der Waals surface area contributed by atoms with Crippen molar-refractivity contribution in [3.63, 3.8) is 0 Å². The van der Waals surface area contributed by atoms with Crippen molar-refractivity contribution in [2.45, 2.75) is 39.5 Å². The maximum absolute atomic E-state index is 12.5. The predicted octanol–water partition coefficient (Wildman–Crippen LogP) is 4.03. The highest BCUT2D eigenvalue weighted by atomic mass is 35.5. The molecule has 2 saturated carbocycles. The summed E-state index contributed by atoms with van der Waals surface area (Å²) in [4.78, 5) is 12.5. The van der Waals surface area contributed by atoms with E-state index in [1.807, 2.05) is 6.92 Å². The number of hydrazone groups is 1. The average Bonchev–Trinajstić information content (AvgIpc) is 3.27. The van der Waals surface area contributed by atoms with Crippen LogP contribution in [0.5, 0.6) is 11.5 Å². The number of nitrogens with one attached hydrogen (secondary N) is 1. The first kappa shape index (κ1) is 19.6. The van der Waals surface area contributed by atoms with Crippen LogP contribution in [-0.2, 0) is 4.79 Å². The molecule has 2 aliphatic carbocycles. The molecule has 0 unspecified atom stereocenters. The van der Waals surface area contributed by atoms with Gasteiger partial charge in [0.2, 0.25) is 5.91 Å². The van der Waals surface area contributed by atoms with Gasteiger partial charge in [-0.15, -0.1) is 6.42 Å². The molecule has 0 aliphatic heterocycles. The van der Waals surface area contributed by atoms with Gasteiger partial charge in [-0.1, -0.05) is 37.3 Å². The number of rotatable bonds is 7. The lowest BCUT2D eigenvalue weighted by Gasteiger charge is -2.15. The number of fused-ring (bicyclic) bond motifs is 1. The molecule has 0 aromatic heterocycles. The highest BCUT2D eigenvalue weighted by Gasteiger charge is 2.64. The first-order chi connectivity index (χ1) is 13.0. The molecule has 1 amide bonds. The zero-order valence-electron chi connectivity index (χ0n) is 15.8. The lowest BCUT2D eigenvalue weighted by molar-refractivity contribution is -0.123. The monoisotopic (exact) mass is 388 g/mol. The predicted molar refractivity (Wildman–Crippen MR) is 106 cm³/mol. The number of amides is 1. The fraction of sp³-hybridized carbons (Fsp3) is 0.524. The molecule has 0 saturated heterocycles. The zero-order valence-corrected chi connectivity index (χ0v) is 16.5. The molecule has 1 aromatic carbocycles. The van der Waals surface area contributed by atoms with Crippen LogP contribution in [0.3, 0.4) is 0 Å². The van der Waals surface area contributed by atoms with E-state index in [0.29, 0.717) is 34.6 Å². The second-order valence-corrected chi connectivity index (χ2v) is 7.73. The highest BCUT2D eigenvalue weighted by molar-refractivity contribution is 6.32. The van der Waals surface area contributed by atoms with Crippen molar-refractivity contribution >= 4 is 23.7 Å². The van der Waals surface area contributed by atoms with Crippen LogP contribution in [0, 0.1) is 29.6 Å². The highest BCUT2D eigenvalue weighted by Crippen LogP contribution is 2.66. The van der Waals surface area contributed by atoms with Crippen molar-refractivity contribution in [2.75, 3.05) is 13.2 Å². The van der Waals surface area contributed by atoms with Crippen LogP contribution in [0.4, 0.5) is 0 Å². The van der Waals surface area contributed by atoms with Crippen LogP contribution < -0.4 is 14.9 Å². The van der Waals surface area contributed by atoms with E-state index >= 15 is 0 Å². The first-order valence-corrected chi connectivity index (χ1v) is 9.74. The summed E-state index contributed by atoms with van der Waals surface area (Å²) in [5.41, 5.74) is 3.55. The number of carbonyl (C=O) groups is 1. The average molecular weight is 389 g/mol. The Morgan fingerprint density at radius 2 is 2.30 bits per heavy atom. The molecule has 27 heavy (non-hydrogen) atoms. The topological polar surface area (TPSA) is 59.9 Å². The molecule has 1 N–H and O–H groups in total. The van der Waals surface area contributed by atoms with Crippen LogP contribution in [0.25, 0.3) is 0 Å². The van der Waals surface area contributed by atoms with Crippen molar-refractivity contribution in [3.05, 3.63) is 22.7 Å². The first-order valence-electron chi connectivity index (χ1n) is 9.36. The summed E-state index contributed by atoms with van der Waals surface area (Å²) in [5.74, 6) is 3.90. The molecular weight excluding hydrogens is 364 g/mol. The van der Waals surface area contributed by atoms with Gasteiger partial charge < -0.3 is 9.47 Å². The third kappa shape index (κ3) is 4.06. The van der Waals surface area contributed by atoms with Crippen molar-refractivity contribution in [3.8, 4) is 23.8 Å². The maximum atomic E-state index is 12.5. The minimum absolute atomic E-state index is 0.00533. The third-order valence-electron chi connectivity index (χ3n) is 5.63. The van der Waals surface area contributed by atoms with Crippen molar-refractivity contribution in [2.24, 2.45) is 22.4 Å². The van der Waals surface area contributed by atoms with E-state index < -0.39 is 0 Å². The molecule has 0 radical (unpaired) electrons. The summed E-state index contributed by atoms with van der Waals surface area (Å²) in [6.45, 7) is 4.65. The Bertz CT molecular complexity index is 786. The Balaban J connectivity index is 1.66. The fourth-order valence-electron chi connectivity index (χ4n) is 4.27. The van der Waals surface area contributed by atoms with Gasteiger partial charge in [-0.25, -0.2) is 5.43 Å². The van der Waals surface area contributed by atoms with Crippen LogP contribution in [0.15, 0.2) is 17.2 Å². The van der Waals surface area contributed by atoms with Crippen molar-refractivity contribution in [1.29, 1.82) is 0 Å². The van der Waals surface area contributed by atoms with Crippen LogP contribution in [0.2, 0.25) is 5.02 Å². The number of hydrogen-bond donors (Lipinski definition) is 1. The zero-order chi connectivity index (χ0) is 19.4. The minimum atomic E-state index is 0.00533. The van der Waals surface area contributed by atoms with E-state index in [2.05, 4.69) is 23.4 Å². The number of halogens is 1. The van der Waals surface area contributed by atoms with E-state index in [4.69, 9.17) is 27.5 Å². The third-order valence-corrected chi connectivity index (χ3v) is 5.91. The Kier molecular flexibility index (Phi) is 5.96. The molecule has 144 valence electrons. The number of nitrogens with zero attached hydrogens (tertiary/aromatic N) is 1. The number of terminal acetylenes is 1. The Labute approximate surface area is 165 Å². The molecule has 6 heteroatoms. The maximum Gasteiger partial charge on any atom is 0.244 e. The van der Waals surface area contributed by atoms with Crippen LogP contribution in [-0.4, -0.2) is 25.3 Å². The van der Waals surface area contributed by atoms with Gasteiger partial charge in [-0.3, -0.25) is 4.79 Å². The molecule has 3 atom stereocenters. The summed E-state index contributed by atoms with van der Waals surface area (Å²) in [5, 5.41) is 4.49. The molecular formula is C21H25ClN2O3. The summed E-state index contributed by atoms with van der Waals surface area (Å²) in [6, 6.07) is 3.46. The van der Waals surface area contributed by atoms with Gasteiger partial charge in [0, 0.05) is 5.92 Å². The van der Waals surface area contributed by atoms with Gasteiger partial charge in [0.1, 0.15) is 6.61 Å². The smallest absolute Gasteiger partial charge is 0.244 e. The summed E-state index contributed by atoms with van der Waals surface area (Å²) in [6.07, 6.45) is 11.5.